The first kappa shape index (κ1) is 20.8. The molecule has 11 heteroatoms. The Balaban J connectivity index is 0.000000254. The van der Waals surface area contributed by atoms with Crippen molar-refractivity contribution in [3.05, 3.63) is 12.4 Å². The van der Waals surface area contributed by atoms with E-state index in [-0.39, 0.29) is 6.07 Å². The summed E-state index contributed by atoms with van der Waals surface area (Å²) in [5, 5.41) is -2.41. The molecule has 1 aliphatic rings. The highest BCUT2D eigenvalue weighted by atomic mass is 32.3. The molecule has 138 valence electrons. The molecule has 1 aromatic rings. The van der Waals surface area contributed by atoms with Crippen LogP contribution in [0.15, 0.2) is 22.4 Å². The standard InChI is InChI=1S/C9H20N.C4H2F2N2O4S2/c1-3-4-7-10(2)8-5-6-9-10;5-13(9,10)3-1-4(8-2-7-3)14(6,11)12/h3-9H2,1-2H3;1-2H/q+1;. The van der Waals surface area contributed by atoms with Crippen molar-refractivity contribution in [2.45, 2.75) is 42.7 Å². The second kappa shape index (κ2) is 8.26. The van der Waals surface area contributed by atoms with Crippen LogP contribution in [0, 0.1) is 0 Å². The molecule has 0 saturated carbocycles. The molecule has 24 heavy (non-hydrogen) atoms. The Bertz CT molecular complexity index is 701. The summed E-state index contributed by atoms with van der Waals surface area (Å²) in [5.41, 5.74) is 0. The molecule has 0 atom stereocenters. The molecule has 0 N–H and O–H groups in total. The number of rotatable bonds is 5. The largest absolute Gasteiger partial charge is 0.349 e. The number of aromatic nitrogens is 2. The lowest BCUT2D eigenvalue weighted by atomic mass is 10.3. The lowest BCUT2D eigenvalue weighted by molar-refractivity contribution is -0.897. The van der Waals surface area contributed by atoms with E-state index in [1.807, 2.05) is 0 Å². The predicted molar refractivity (Wildman–Crippen MR) is 83.5 cm³/mol. The van der Waals surface area contributed by atoms with Gasteiger partial charge < -0.3 is 4.48 Å². The third-order valence-electron chi connectivity index (χ3n) is 3.81. The molecule has 0 radical (unpaired) electrons. The number of likely N-dealkylation sites (tertiary alicyclic amines) is 1. The maximum absolute atomic E-state index is 12.3. The molecule has 1 aromatic heterocycles. The summed E-state index contributed by atoms with van der Waals surface area (Å²) < 4.78 is 66.8. The molecule has 7 nitrogen and oxygen atoms in total. The van der Waals surface area contributed by atoms with Gasteiger partial charge in [-0.1, -0.05) is 21.1 Å². The summed E-state index contributed by atoms with van der Waals surface area (Å²) in [6.45, 7) is 6.55. The first-order chi connectivity index (χ1) is 11.0. The van der Waals surface area contributed by atoms with Gasteiger partial charge in [0.2, 0.25) is 0 Å². The van der Waals surface area contributed by atoms with Crippen LogP contribution in [-0.4, -0.2) is 58.0 Å². The highest BCUT2D eigenvalue weighted by Gasteiger charge is 2.25. The minimum atomic E-state index is -5.17. The fourth-order valence-electron chi connectivity index (χ4n) is 2.45. The first-order valence-electron chi connectivity index (χ1n) is 7.53. The average molecular weight is 386 g/mol. The molecule has 0 unspecified atom stereocenters. The summed E-state index contributed by atoms with van der Waals surface area (Å²) in [7, 11) is -7.93. The fraction of sp³-hybridized carbons (Fsp3) is 0.692. The lowest BCUT2D eigenvalue weighted by Crippen LogP contribution is -2.41. The van der Waals surface area contributed by atoms with Gasteiger partial charge in [-0.25, -0.2) is 9.97 Å². The normalized spacial score (nSPS) is 17.2. The van der Waals surface area contributed by atoms with Gasteiger partial charge in [-0.3, -0.25) is 0 Å². The minimum Gasteiger partial charge on any atom is -0.326 e. The van der Waals surface area contributed by atoms with Crippen molar-refractivity contribution in [2.75, 3.05) is 26.7 Å². The van der Waals surface area contributed by atoms with E-state index in [1.54, 1.807) is 0 Å². The average Bonchev–Trinajstić information content (AvgIpc) is 2.91. The zero-order chi connectivity index (χ0) is 18.4. The van der Waals surface area contributed by atoms with Gasteiger partial charge in [-0.2, -0.15) is 16.8 Å². The van der Waals surface area contributed by atoms with Crippen LogP contribution in [0.3, 0.4) is 0 Å². The monoisotopic (exact) mass is 386 g/mol. The van der Waals surface area contributed by atoms with Crippen molar-refractivity contribution in [1.82, 2.24) is 9.97 Å². The Kier molecular flexibility index (Phi) is 7.17. The lowest BCUT2D eigenvalue weighted by Gasteiger charge is -2.28. The quantitative estimate of drug-likeness (QED) is 0.435. The fourth-order valence-corrected chi connectivity index (χ4v) is 3.38. The van der Waals surface area contributed by atoms with Crippen molar-refractivity contribution >= 4 is 20.4 Å². The Morgan fingerprint density at radius 1 is 1.04 bits per heavy atom. The first-order valence-corrected chi connectivity index (χ1v) is 10.3. The van der Waals surface area contributed by atoms with Crippen LogP contribution in [0.5, 0.6) is 0 Å². The van der Waals surface area contributed by atoms with Crippen LogP contribution in [0.4, 0.5) is 7.77 Å². The van der Waals surface area contributed by atoms with Crippen molar-refractivity contribution in [3.8, 4) is 0 Å². The molecule has 1 fully saturated rings. The second-order valence-electron chi connectivity index (χ2n) is 5.92. The van der Waals surface area contributed by atoms with Crippen LogP contribution >= 0.6 is 0 Å². The van der Waals surface area contributed by atoms with Gasteiger partial charge in [-0.05, 0) is 6.42 Å². The van der Waals surface area contributed by atoms with E-state index in [9.17, 15) is 24.6 Å². The van der Waals surface area contributed by atoms with Gasteiger partial charge in [0.25, 0.3) is 0 Å². The smallest absolute Gasteiger partial charge is 0.326 e. The molecule has 0 bridgehead atoms. The Labute approximate surface area is 141 Å². The second-order valence-corrected chi connectivity index (χ2v) is 8.51. The van der Waals surface area contributed by atoms with Gasteiger partial charge in [0.05, 0.1) is 26.7 Å². The Morgan fingerprint density at radius 3 is 1.88 bits per heavy atom. The maximum atomic E-state index is 12.3. The van der Waals surface area contributed by atoms with Gasteiger partial charge in [0, 0.05) is 18.9 Å². The van der Waals surface area contributed by atoms with Gasteiger partial charge in [-0.15, -0.1) is 0 Å². The van der Waals surface area contributed by atoms with Crippen LogP contribution in [0.1, 0.15) is 32.6 Å². The minimum absolute atomic E-state index is 0.185. The van der Waals surface area contributed by atoms with Crippen LogP contribution in [-0.2, 0) is 20.4 Å². The summed E-state index contributed by atoms with van der Waals surface area (Å²) in [5.74, 6) is 0. The zero-order valence-corrected chi connectivity index (χ0v) is 15.3. The van der Waals surface area contributed by atoms with Crippen molar-refractivity contribution < 1.29 is 29.1 Å². The van der Waals surface area contributed by atoms with E-state index in [1.165, 1.54) is 49.8 Å². The molecule has 1 saturated heterocycles. The molecule has 2 heterocycles. The number of quaternary nitrogens is 1. The zero-order valence-electron chi connectivity index (χ0n) is 13.7. The van der Waals surface area contributed by atoms with E-state index in [0.717, 1.165) is 0 Å². The van der Waals surface area contributed by atoms with Crippen molar-refractivity contribution in [3.63, 3.8) is 0 Å². The van der Waals surface area contributed by atoms with Crippen LogP contribution in [0.25, 0.3) is 0 Å². The van der Waals surface area contributed by atoms with E-state index >= 15 is 0 Å². The summed E-state index contributed by atoms with van der Waals surface area (Å²) in [4.78, 5) is 5.84. The Hall–Kier alpha value is -1.20. The topological polar surface area (TPSA) is 94.1 Å². The number of hydrogen-bond acceptors (Lipinski definition) is 6. The number of hydrogen-bond donors (Lipinski definition) is 0. The van der Waals surface area contributed by atoms with Crippen molar-refractivity contribution in [1.29, 1.82) is 0 Å². The molecule has 0 spiro atoms. The summed E-state index contributed by atoms with van der Waals surface area (Å²) >= 11 is 0. The highest BCUT2D eigenvalue weighted by Crippen LogP contribution is 2.17. The summed E-state index contributed by atoms with van der Waals surface area (Å²) in [6, 6.07) is 0.185. The van der Waals surface area contributed by atoms with Crippen molar-refractivity contribution in [2.24, 2.45) is 0 Å². The third-order valence-corrected chi connectivity index (χ3v) is 5.26. The molecule has 0 aromatic carbocycles. The molecule has 0 aliphatic carbocycles. The van der Waals surface area contributed by atoms with E-state index in [2.05, 4.69) is 23.9 Å². The number of nitrogens with zero attached hydrogens (tertiary/aromatic N) is 3. The number of unbranched alkanes of at least 4 members (excludes halogenated alkanes) is 1. The van der Waals surface area contributed by atoms with Gasteiger partial charge >= 0.3 is 20.4 Å². The predicted octanol–water partition coefficient (Wildman–Crippen LogP) is 1.82. The van der Waals surface area contributed by atoms with Crippen LogP contribution in [0.2, 0.25) is 0 Å². The van der Waals surface area contributed by atoms with E-state index in [0.29, 0.717) is 6.33 Å². The third kappa shape index (κ3) is 6.73. The van der Waals surface area contributed by atoms with Gasteiger partial charge in [0.15, 0.2) is 10.1 Å². The molecule has 1 aliphatic heterocycles. The maximum Gasteiger partial charge on any atom is 0.349 e. The Morgan fingerprint density at radius 2 is 1.50 bits per heavy atom. The molecular weight excluding hydrogens is 364 g/mol. The van der Waals surface area contributed by atoms with Crippen LogP contribution < -0.4 is 0 Å². The van der Waals surface area contributed by atoms with Gasteiger partial charge in [0.1, 0.15) is 6.33 Å². The molecular formula is C13H22F2N3O4S2+. The van der Waals surface area contributed by atoms with E-state index < -0.39 is 30.5 Å². The summed E-state index contributed by atoms with van der Waals surface area (Å²) in [6.07, 6.45) is 6.11. The molecule has 0 amide bonds. The SMILES string of the molecule is CCCC[N+]1(C)CCCC1.O=S(=O)(F)c1cc(S(=O)(=O)F)ncn1. The van der Waals surface area contributed by atoms with E-state index in [4.69, 9.17) is 0 Å². The highest BCUT2D eigenvalue weighted by molar-refractivity contribution is 7.87. The number of halogens is 2. The molecule has 2 rings (SSSR count).